The van der Waals surface area contributed by atoms with Crippen LogP contribution in [-0.4, -0.2) is 0 Å². The number of rotatable bonds is 0. The SMILES string of the molecule is O=P([O-])([O-])[O-].[Fe+2].[Mn+2].[P+3]. The third-order valence-corrected chi connectivity index (χ3v) is 0. The first-order valence-electron chi connectivity index (χ1n) is 0.730. The van der Waals surface area contributed by atoms with Crippen molar-refractivity contribution >= 4 is 17.7 Å². The van der Waals surface area contributed by atoms with Gasteiger partial charge in [-0.15, -0.1) is 0 Å². The van der Waals surface area contributed by atoms with E-state index in [2.05, 4.69) is 0 Å². The molecule has 0 rings (SSSR count). The molecule has 0 aromatic rings. The van der Waals surface area contributed by atoms with E-state index >= 15 is 0 Å². The molecule has 4 nitrogen and oxygen atoms in total. The van der Waals surface area contributed by atoms with Crippen LogP contribution in [-0.2, 0) is 38.7 Å². The third-order valence-electron chi connectivity index (χ3n) is 0. The predicted molar refractivity (Wildman–Crippen MR) is 14.5 cm³/mol. The van der Waals surface area contributed by atoms with Crippen molar-refractivity contribution < 1.29 is 53.4 Å². The molecule has 0 saturated carbocycles. The molecule has 0 saturated heterocycles. The van der Waals surface area contributed by atoms with Gasteiger partial charge in [-0.05, 0) is 0 Å². The largest absolute Gasteiger partial charge is 3.00 e. The fourth-order valence-corrected chi connectivity index (χ4v) is 0. The Labute approximate surface area is 71.2 Å². The maximum absolute atomic E-state index is 8.55. The zero-order valence-electron chi connectivity index (χ0n) is 3.26. The molecule has 0 N–H and O–H groups in total. The Morgan fingerprint density at radius 2 is 1.12 bits per heavy atom. The van der Waals surface area contributed by atoms with Crippen LogP contribution in [0.2, 0.25) is 0 Å². The molecule has 0 heterocycles. The Balaban J connectivity index is -0.0000000267. The Morgan fingerprint density at radius 3 is 1.12 bits per heavy atom. The Kier molecular flexibility index (Phi) is 24.3. The number of hydrogen-bond acceptors (Lipinski definition) is 4. The smallest absolute Gasteiger partial charge is 0.822 e. The molecule has 0 aliphatic rings. The van der Waals surface area contributed by atoms with Crippen molar-refractivity contribution in [1.82, 2.24) is 0 Å². The minimum Gasteiger partial charge on any atom is -0.822 e. The summed E-state index contributed by atoms with van der Waals surface area (Å²) >= 11 is 0. The third kappa shape index (κ3) is 132. The van der Waals surface area contributed by atoms with E-state index in [4.69, 9.17) is 19.2 Å². The summed E-state index contributed by atoms with van der Waals surface area (Å²) in [6.07, 6.45) is 0. The van der Waals surface area contributed by atoms with Gasteiger partial charge < -0.3 is 19.2 Å². The van der Waals surface area contributed by atoms with E-state index in [-0.39, 0.29) is 44.0 Å². The van der Waals surface area contributed by atoms with E-state index in [0.29, 0.717) is 0 Å². The maximum atomic E-state index is 8.55. The van der Waals surface area contributed by atoms with Gasteiger partial charge in [0.15, 0.2) is 0 Å². The number of hydrogen-bond donors (Lipinski definition) is 0. The molecule has 0 aromatic heterocycles. The van der Waals surface area contributed by atoms with Crippen molar-refractivity contribution in [2.24, 2.45) is 0 Å². The molecule has 0 aliphatic carbocycles. The van der Waals surface area contributed by atoms with E-state index in [1.807, 2.05) is 0 Å². The summed E-state index contributed by atoms with van der Waals surface area (Å²) in [6, 6.07) is 0. The normalized spacial score (nSPS) is 7.38. The zero-order valence-corrected chi connectivity index (χ0v) is 7.33. The first kappa shape index (κ1) is 22.7. The summed E-state index contributed by atoms with van der Waals surface area (Å²) in [7, 11) is -5.39. The van der Waals surface area contributed by atoms with Crippen LogP contribution in [0.5, 0.6) is 0 Å². The van der Waals surface area contributed by atoms with Crippen LogP contribution in [0.25, 0.3) is 0 Å². The summed E-state index contributed by atoms with van der Waals surface area (Å²) < 4.78 is 8.55. The van der Waals surface area contributed by atoms with Crippen LogP contribution in [0.15, 0.2) is 0 Å². The first-order valence-corrected chi connectivity index (χ1v) is 2.19. The summed E-state index contributed by atoms with van der Waals surface area (Å²) in [4.78, 5) is 25.6. The van der Waals surface area contributed by atoms with Gasteiger partial charge in [0.25, 0.3) is 0 Å². The van der Waals surface area contributed by atoms with Gasteiger partial charge in [-0.1, -0.05) is 0 Å². The fraction of sp³-hybridized carbons (Fsp3) is 0. The summed E-state index contributed by atoms with van der Waals surface area (Å²) in [6.45, 7) is 0. The molecule has 0 atom stereocenters. The van der Waals surface area contributed by atoms with Crippen molar-refractivity contribution in [1.29, 1.82) is 0 Å². The van der Waals surface area contributed by atoms with E-state index < -0.39 is 7.82 Å². The molecular formula is FeMnO4P2+4. The molecule has 3 radical (unpaired) electrons. The summed E-state index contributed by atoms with van der Waals surface area (Å²) in [5, 5.41) is 0. The zero-order chi connectivity index (χ0) is 4.50. The second kappa shape index (κ2) is 8.58. The molecule has 0 bridgehead atoms. The van der Waals surface area contributed by atoms with Crippen molar-refractivity contribution in [3.05, 3.63) is 0 Å². The molecule has 0 aliphatic heterocycles. The molecule has 8 heteroatoms. The summed E-state index contributed by atoms with van der Waals surface area (Å²) in [5.41, 5.74) is 0. The van der Waals surface area contributed by atoms with Crippen LogP contribution in [0.1, 0.15) is 0 Å². The van der Waals surface area contributed by atoms with Gasteiger partial charge in [0.05, 0.1) is 0 Å². The second-order valence-corrected chi connectivity index (χ2v) is 1.34. The molecule has 8 heavy (non-hydrogen) atoms. The van der Waals surface area contributed by atoms with Gasteiger partial charge in [-0.25, -0.2) is 0 Å². The topological polar surface area (TPSA) is 86.2 Å². The van der Waals surface area contributed by atoms with Crippen molar-refractivity contribution in [3.8, 4) is 0 Å². The van der Waals surface area contributed by atoms with Gasteiger partial charge in [-0.2, -0.15) is 7.82 Å². The molecule has 0 unspecified atom stereocenters. The van der Waals surface area contributed by atoms with E-state index in [1.165, 1.54) is 0 Å². The number of phosphoric acid groups is 1. The average molecular weight is 237 g/mol. The van der Waals surface area contributed by atoms with E-state index in [1.54, 1.807) is 0 Å². The van der Waals surface area contributed by atoms with Crippen molar-refractivity contribution in [2.75, 3.05) is 0 Å². The van der Waals surface area contributed by atoms with Crippen molar-refractivity contribution in [2.45, 2.75) is 0 Å². The summed E-state index contributed by atoms with van der Waals surface area (Å²) in [5.74, 6) is 0. The Morgan fingerprint density at radius 1 is 1.12 bits per heavy atom. The van der Waals surface area contributed by atoms with Gasteiger partial charge >= 0.3 is 44.0 Å². The molecular weight excluding hydrogens is 237 g/mol. The molecule has 0 fully saturated rings. The van der Waals surface area contributed by atoms with Crippen LogP contribution < -0.4 is 14.7 Å². The molecule has 0 spiro atoms. The maximum Gasteiger partial charge on any atom is 3.00 e. The Bertz CT molecular complexity index is 60.2. The van der Waals surface area contributed by atoms with E-state index in [0.717, 1.165) is 0 Å². The van der Waals surface area contributed by atoms with E-state index in [9.17, 15) is 0 Å². The molecule has 0 aromatic carbocycles. The van der Waals surface area contributed by atoms with Gasteiger partial charge in [-0.3, -0.25) is 0 Å². The van der Waals surface area contributed by atoms with Crippen LogP contribution >= 0.6 is 17.7 Å². The minimum atomic E-state index is -5.39. The van der Waals surface area contributed by atoms with Crippen LogP contribution in [0.3, 0.4) is 0 Å². The standard InChI is InChI=1S/Fe.Mn.H3O4P.P/c;;1-5(2,3)4;/h;;(H3,1,2,3,4);/q2*+2;;+3/p-3. The average Bonchev–Trinajstić information content (AvgIpc) is 0.722. The second-order valence-electron chi connectivity index (χ2n) is 0.447. The monoisotopic (exact) mass is 237 g/mol. The Hall–Kier alpha value is 1.58. The fourth-order valence-electron chi connectivity index (χ4n) is 0. The first-order chi connectivity index (χ1) is 2.00. The van der Waals surface area contributed by atoms with Gasteiger partial charge in [0, 0.05) is 0 Å². The van der Waals surface area contributed by atoms with Crippen molar-refractivity contribution in [3.63, 3.8) is 0 Å². The predicted octanol–water partition coefficient (Wildman–Crippen LogP) is -1.97. The van der Waals surface area contributed by atoms with Gasteiger partial charge in [0.1, 0.15) is 0 Å². The molecule has 45 valence electrons. The quantitative estimate of drug-likeness (QED) is 0.361. The molecule has 0 amide bonds. The van der Waals surface area contributed by atoms with Gasteiger partial charge in [0.2, 0.25) is 0 Å². The van der Waals surface area contributed by atoms with Crippen LogP contribution in [0.4, 0.5) is 0 Å². The minimum absolute atomic E-state index is 0. The van der Waals surface area contributed by atoms with Crippen LogP contribution in [0, 0.1) is 0 Å².